The van der Waals surface area contributed by atoms with Crippen molar-refractivity contribution in [2.75, 3.05) is 0 Å². The summed E-state index contributed by atoms with van der Waals surface area (Å²) in [7, 11) is 1.31. The van der Waals surface area contributed by atoms with E-state index in [0.717, 1.165) is 16.8 Å². The van der Waals surface area contributed by atoms with Gasteiger partial charge in [-0.1, -0.05) is 12.1 Å². The SMILES string of the molecule is Cn1nc(Cl)n(-c2ccccc2C(F)(F)F)c1=O. The molecule has 0 radical (unpaired) electrons. The third-order valence-corrected chi connectivity index (χ3v) is 2.58. The van der Waals surface area contributed by atoms with E-state index in [-0.39, 0.29) is 11.0 Å². The summed E-state index contributed by atoms with van der Waals surface area (Å²) >= 11 is 5.67. The van der Waals surface area contributed by atoms with Crippen LogP contribution in [-0.4, -0.2) is 14.3 Å². The minimum absolute atomic E-state index is 0.320. The maximum absolute atomic E-state index is 12.8. The summed E-state index contributed by atoms with van der Waals surface area (Å²) in [4.78, 5) is 11.7. The van der Waals surface area contributed by atoms with E-state index in [2.05, 4.69) is 5.10 Å². The summed E-state index contributed by atoms with van der Waals surface area (Å²) in [5.74, 6) is 0. The Labute approximate surface area is 104 Å². The summed E-state index contributed by atoms with van der Waals surface area (Å²) in [6.45, 7) is 0. The maximum Gasteiger partial charge on any atom is 0.418 e. The minimum atomic E-state index is -4.57. The molecule has 0 aliphatic heterocycles. The lowest BCUT2D eigenvalue weighted by molar-refractivity contribution is -0.137. The molecule has 2 rings (SSSR count). The van der Waals surface area contributed by atoms with Crippen molar-refractivity contribution < 1.29 is 13.2 Å². The Morgan fingerprint density at radius 1 is 1.28 bits per heavy atom. The lowest BCUT2D eigenvalue weighted by atomic mass is 10.1. The first kappa shape index (κ1) is 12.7. The average molecular weight is 278 g/mol. The first-order chi connectivity index (χ1) is 8.32. The highest BCUT2D eigenvalue weighted by atomic mass is 35.5. The Morgan fingerprint density at radius 3 is 2.39 bits per heavy atom. The molecule has 2 aromatic rings. The van der Waals surface area contributed by atoms with Gasteiger partial charge in [0.25, 0.3) is 0 Å². The van der Waals surface area contributed by atoms with Crippen LogP contribution in [0.2, 0.25) is 5.28 Å². The van der Waals surface area contributed by atoms with E-state index in [1.807, 2.05) is 0 Å². The van der Waals surface area contributed by atoms with E-state index in [1.54, 1.807) is 0 Å². The van der Waals surface area contributed by atoms with E-state index in [0.29, 0.717) is 4.57 Å². The predicted molar refractivity (Wildman–Crippen MR) is 58.8 cm³/mol. The van der Waals surface area contributed by atoms with E-state index in [1.165, 1.54) is 19.2 Å². The average Bonchev–Trinajstić information content (AvgIpc) is 2.52. The highest BCUT2D eigenvalue weighted by molar-refractivity contribution is 6.28. The van der Waals surface area contributed by atoms with Gasteiger partial charge in [0.15, 0.2) is 0 Å². The summed E-state index contributed by atoms with van der Waals surface area (Å²) in [5, 5.41) is 3.26. The number of nitrogens with zero attached hydrogens (tertiary/aromatic N) is 3. The molecule has 96 valence electrons. The fourth-order valence-corrected chi connectivity index (χ4v) is 1.82. The fraction of sp³-hybridized carbons (Fsp3) is 0.200. The molecule has 1 aromatic heterocycles. The number of aryl methyl sites for hydroxylation is 1. The highest BCUT2D eigenvalue weighted by Crippen LogP contribution is 2.33. The van der Waals surface area contributed by atoms with Crippen LogP contribution in [0.15, 0.2) is 29.1 Å². The highest BCUT2D eigenvalue weighted by Gasteiger charge is 2.34. The van der Waals surface area contributed by atoms with Crippen LogP contribution in [0.1, 0.15) is 5.56 Å². The number of halogens is 4. The van der Waals surface area contributed by atoms with Gasteiger partial charge in [0.05, 0.1) is 11.3 Å². The Hall–Kier alpha value is -1.76. The van der Waals surface area contributed by atoms with Crippen LogP contribution in [-0.2, 0) is 13.2 Å². The van der Waals surface area contributed by atoms with Crippen molar-refractivity contribution in [1.82, 2.24) is 14.3 Å². The van der Waals surface area contributed by atoms with Crippen LogP contribution in [0.4, 0.5) is 13.2 Å². The lowest BCUT2D eigenvalue weighted by Gasteiger charge is -2.12. The van der Waals surface area contributed by atoms with E-state index in [4.69, 9.17) is 11.6 Å². The molecule has 0 saturated carbocycles. The smallest absolute Gasteiger partial charge is 0.246 e. The summed E-state index contributed by atoms with van der Waals surface area (Å²) in [6, 6.07) is 4.67. The Kier molecular flexibility index (Phi) is 2.94. The van der Waals surface area contributed by atoms with Crippen LogP contribution in [0.3, 0.4) is 0 Å². The normalized spacial score (nSPS) is 11.8. The second kappa shape index (κ2) is 4.16. The second-order valence-corrected chi connectivity index (χ2v) is 3.86. The number of aromatic nitrogens is 3. The standard InChI is InChI=1S/C10H7ClF3N3O/c1-16-9(18)17(8(11)15-16)7-5-3-2-4-6(7)10(12,13)14/h2-5H,1H3. The molecule has 0 N–H and O–H groups in total. The zero-order chi connectivity index (χ0) is 13.5. The van der Waals surface area contributed by atoms with E-state index >= 15 is 0 Å². The quantitative estimate of drug-likeness (QED) is 0.802. The van der Waals surface area contributed by atoms with Crippen LogP contribution in [0, 0.1) is 0 Å². The molecule has 0 aliphatic carbocycles. The monoisotopic (exact) mass is 277 g/mol. The molecule has 0 aliphatic rings. The molecule has 0 spiro atoms. The van der Waals surface area contributed by atoms with Gasteiger partial charge in [0.2, 0.25) is 5.28 Å². The van der Waals surface area contributed by atoms with Gasteiger partial charge in [0.1, 0.15) is 0 Å². The molecular formula is C10H7ClF3N3O. The number of hydrogen-bond donors (Lipinski definition) is 0. The fourth-order valence-electron chi connectivity index (χ4n) is 1.55. The summed E-state index contributed by atoms with van der Waals surface area (Å²) in [5.41, 5.74) is -2.02. The minimum Gasteiger partial charge on any atom is -0.246 e. The van der Waals surface area contributed by atoms with Crippen LogP contribution in [0.25, 0.3) is 5.69 Å². The molecule has 0 bridgehead atoms. The van der Waals surface area contributed by atoms with Crippen molar-refractivity contribution >= 4 is 11.6 Å². The first-order valence-electron chi connectivity index (χ1n) is 4.80. The molecule has 1 aromatic carbocycles. The van der Waals surface area contributed by atoms with Crippen molar-refractivity contribution in [2.24, 2.45) is 7.05 Å². The number of alkyl halides is 3. The Balaban J connectivity index is 2.76. The van der Waals surface area contributed by atoms with Crippen molar-refractivity contribution in [3.63, 3.8) is 0 Å². The van der Waals surface area contributed by atoms with E-state index in [9.17, 15) is 18.0 Å². The molecule has 0 atom stereocenters. The second-order valence-electron chi connectivity index (χ2n) is 3.53. The van der Waals surface area contributed by atoms with Crippen molar-refractivity contribution in [3.8, 4) is 5.69 Å². The number of rotatable bonds is 1. The first-order valence-corrected chi connectivity index (χ1v) is 5.18. The number of hydrogen-bond acceptors (Lipinski definition) is 2. The zero-order valence-corrected chi connectivity index (χ0v) is 9.83. The van der Waals surface area contributed by atoms with Gasteiger partial charge in [-0.15, -0.1) is 5.10 Å². The van der Waals surface area contributed by atoms with Gasteiger partial charge in [0, 0.05) is 7.05 Å². The Bertz CT molecular complexity index is 645. The van der Waals surface area contributed by atoms with Gasteiger partial charge in [-0.05, 0) is 23.7 Å². The molecule has 0 fully saturated rings. The van der Waals surface area contributed by atoms with Gasteiger partial charge in [-0.25, -0.2) is 14.0 Å². The van der Waals surface area contributed by atoms with Crippen LogP contribution in [0.5, 0.6) is 0 Å². The third-order valence-electron chi connectivity index (χ3n) is 2.34. The molecular weight excluding hydrogens is 271 g/mol. The molecule has 4 nitrogen and oxygen atoms in total. The number of benzene rings is 1. The lowest BCUT2D eigenvalue weighted by Crippen LogP contribution is -2.23. The molecule has 0 unspecified atom stereocenters. The van der Waals surface area contributed by atoms with Crippen LogP contribution < -0.4 is 5.69 Å². The molecule has 8 heteroatoms. The summed E-state index contributed by atoms with van der Waals surface area (Å²) in [6.07, 6.45) is -4.57. The van der Waals surface area contributed by atoms with Crippen molar-refractivity contribution in [3.05, 3.63) is 45.6 Å². The summed E-state index contributed by atoms with van der Waals surface area (Å²) < 4.78 is 40.0. The van der Waals surface area contributed by atoms with Gasteiger partial charge >= 0.3 is 11.9 Å². The topological polar surface area (TPSA) is 39.8 Å². The zero-order valence-electron chi connectivity index (χ0n) is 9.07. The van der Waals surface area contributed by atoms with E-state index < -0.39 is 17.4 Å². The van der Waals surface area contributed by atoms with Gasteiger partial charge in [-0.3, -0.25) is 0 Å². The molecule has 1 heterocycles. The van der Waals surface area contributed by atoms with Crippen LogP contribution >= 0.6 is 11.6 Å². The Morgan fingerprint density at radius 2 is 1.89 bits per heavy atom. The van der Waals surface area contributed by atoms with Gasteiger partial charge in [-0.2, -0.15) is 13.2 Å². The molecule has 0 saturated heterocycles. The number of para-hydroxylation sites is 1. The van der Waals surface area contributed by atoms with Crippen molar-refractivity contribution in [1.29, 1.82) is 0 Å². The third kappa shape index (κ3) is 2.01. The van der Waals surface area contributed by atoms with Gasteiger partial charge < -0.3 is 0 Å². The molecule has 18 heavy (non-hydrogen) atoms. The molecule has 0 amide bonds. The maximum atomic E-state index is 12.8. The largest absolute Gasteiger partial charge is 0.418 e. The predicted octanol–water partition coefficient (Wildman–Crippen LogP) is 2.24. The van der Waals surface area contributed by atoms with Crippen molar-refractivity contribution in [2.45, 2.75) is 6.18 Å².